The number of nitrogens with zero attached hydrogens (tertiary/aromatic N) is 2. The second kappa shape index (κ2) is 8.33. The minimum Gasteiger partial charge on any atom is -0.377 e. The molecule has 0 amide bonds. The molecule has 1 N–H and O–H groups in total. The van der Waals surface area contributed by atoms with Gasteiger partial charge in [0.25, 0.3) is 0 Å². The van der Waals surface area contributed by atoms with E-state index >= 15 is 0 Å². The molecule has 0 spiro atoms. The highest BCUT2D eigenvalue weighted by atomic mass is 35.5. The minimum atomic E-state index is 0.362. The van der Waals surface area contributed by atoms with Gasteiger partial charge >= 0.3 is 0 Å². The lowest BCUT2D eigenvalue weighted by molar-refractivity contribution is 0.178. The fourth-order valence-corrected chi connectivity index (χ4v) is 1.95. The molecule has 0 bridgehead atoms. The third kappa shape index (κ3) is 5.91. The van der Waals surface area contributed by atoms with E-state index in [9.17, 15) is 0 Å². The lowest BCUT2D eigenvalue weighted by Gasteiger charge is -2.07. The molecule has 94 valence electrons. The van der Waals surface area contributed by atoms with E-state index in [4.69, 9.17) is 16.3 Å². The van der Waals surface area contributed by atoms with Crippen LogP contribution in [0.15, 0.2) is 18.7 Å². The Bertz CT molecular complexity index is 363. The number of methoxy groups -OCH3 is 1. The van der Waals surface area contributed by atoms with Gasteiger partial charge in [0.05, 0.1) is 0 Å². The maximum atomic E-state index is 5.88. The molecule has 0 fully saturated rings. The summed E-state index contributed by atoms with van der Waals surface area (Å²) in [4.78, 5) is 8.33. The molecule has 4 nitrogen and oxygen atoms in total. The van der Waals surface area contributed by atoms with Gasteiger partial charge in [-0.1, -0.05) is 17.7 Å². The van der Waals surface area contributed by atoms with Crippen LogP contribution in [-0.2, 0) is 11.3 Å². The Hall–Kier alpha value is -0.780. The second-order valence-corrected chi connectivity index (χ2v) is 4.75. The first-order valence-electron chi connectivity index (χ1n) is 5.21. The number of ether oxygens (including phenoxy) is 1. The number of aromatic nitrogens is 2. The Morgan fingerprint density at radius 2 is 2.41 bits per heavy atom. The van der Waals surface area contributed by atoms with Crippen LogP contribution in [-0.4, -0.2) is 35.1 Å². The zero-order valence-corrected chi connectivity index (χ0v) is 11.4. The largest absolute Gasteiger partial charge is 0.377 e. The van der Waals surface area contributed by atoms with Gasteiger partial charge in [-0.3, -0.25) is 0 Å². The van der Waals surface area contributed by atoms with E-state index in [1.807, 2.05) is 17.8 Å². The van der Waals surface area contributed by atoms with Gasteiger partial charge in [0.15, 0.2) is 5.82 Å². The van der Waals surface area contributed by atoms with E-state index < -0.39 is 0 Å². The summed E-state index contributed by atoms with van der Waals surface area (Å²) in [7, 11) is 1.60. The molecule has 0 saturated carbocycles. The lowest BCUT2D eigenvalue weighted by atomic mass is 10.5. The van der Waals surface area contributed by atoms with Crippen molar-refractivity contribution in [1.29, 1.82) is 0 Å². The van der Waals surface area contributed by atoms with Crippen LogP contribution in [0.4, 0.5) is 5.82 Å². The molecule has 1 aromatic rings. The van der Waals surface area contributed by atoms with Crippen LogP contribution in [0, 0.1) is 0 Å². The fraction of sp³-hybridized carbons (Fsp3) is 0.455. The molecule has 1 rings (SSSR count). The van der Waals surface area contributed by atoms with Gasteiger partial charge in [0.1, 0.15) is 17.6 Å². The van der Waals surface area contributed by atoms with E-state index in [1.54, 1.807) is 13.2 Å². The molecule has 0 aliphatic rings. The van der Waals surface area contributed by atoms with Gasteiger partial charge in [-0.05, 0) is 0 Å². The average Bonchev–Trinajstić information content (AvgIpc) is 2.28. The zero-order valence-electron chi connectivity index (χ0n) is 9.78. The summed E-state index contributed by atoms with van der Waals surface area (Å²) in [6, 6.07) is 1.71. The smallest absolute Gasteiger partial charge is 0.158 e. The van der Waals surface area contributed by atoms with Crippen molar-refractivity contribution in [2.75, 3.05) is 30.5 Å². The normalized spacial score (nSPS) is 10.2. The first kappa shape index (κ1) is 14.3. The van der Waals surface area contributed by atoms with E-state index in [2.05, 4.69) is 21.9 Å². The molecular formula is C11H16ClN3OS. The summed E-state index contributed by atoms with van der Waals surface area (Å²) < 4.78 is 4.97. The van der Waals surface area contributed by atoms with Crippen molar-refractivity contribution >= 4 is 29.2 Å². The van der Waals surface area contributed by atoms with Crippen molar-refractivity contribution in [1.82, 2.24) is 9.97 Å². The third-order valence-corrected chi connectivity index (χ3v) is 2.96. The number of nitrogens with one attached hydrogen (secondary N) is 1. The van der Waals surface area contributed by atoms with E-state index in [-0.39, 0.29) is 0 Å². The molecule has 0 aliphatic heterocycles. The summed E-state index contributed by atoms with van der Waals surface area (Å²) in [6.45, 7) is 4.86. The minimum absolute atomic E-state index is 0.362. The van der Waals surface area contributed by atoms with Crippen LogP contribution in [0.25, 0.3) is 0 Å². The van der Waals surface area contributed by atoms with Crippen molar-refractivity contribution in [3.8, 4) is 0 Å². The maximum Gasteiger partial charge on any atom is 0.158 e. The maximum absolute atomic E-state index is 5.88. The number of thioether (sulfide) groups is 1. The number of anilines is 1. The molecular weight excluding hydrogens is 258 g/mol. The highest BCUT2D eigenvalue weighted by molar-refractivity contribution is 7.99. The highest BCUT2D eigenvalue weighted by Gasteiger charge is 2.02. The number of hydrogen-bond acceptors (Lipinski definition) is 5. The highest BCUT2D eigenvalue weighted by Crippen LogP contribution is 2.12. The Balaban J connectivity index is 2.43. The predicted octanol–water partition coefficient (Wildman–Crippen LogP) is 2.61. The van der Waals surface area contributed by atoms with Gasteiger partial charge in [-0.2, -0.15) is 11.8 Å². The van der Waals surface area contributed by atoms with E-state index in [0.717, 1.165) is 23.9 Å². The average molecular weight is 274 g/mol. The first-order chi connectivity index (χ1) is 8.26. The number of rotatable bonds is 8. The van der Waals surface area contributed by atoms with Gasteiger partial charge in [0.2, 0.25) is 0 Å². The summed E-state index contributed by atoms with van der Waals surface area (Å²) in [5.41, 5.74) is 0. The van der Waals surface area contributed by atoms with Crippen molar-refractivity contribution in [2.24, 2.45) is 0 Å². The standard InChI is InChI=1S/C11H16ClN3OS/c1-3-5-17-6-4-13-10-7-9(12)14-11(15-10)8-16-2/h3,7H,1,4-6,8H2,2H3,(H,13,14,15). The number of halogens is 1. The van der Waals surface area contributed by atoms with Crippen LogP contribution in [0.1, 0.15) is 5.82 Å². The molecule has 0 aliphatic carbocycles. The van der Waals surface area contributed by atoms with Crippen LogP contribution in [0.5, 0.6) is 0 Å². The molecule has 0 unspecified atom stereocenters. The summed E-state index contributed by atoms with van der Waals surface area (Å²) in [5, 5.41) is 3.62. The summed E-state index contributed by atoms with van der Waals surface area (Å²) in [6.07, 6.45) is 1.89. The van der Waals surface area contributed by atoms with Crippen molar-refractivity contribution in [3.63, 3.8) is 0 Å². The van der Waals surface area contributed by atoms with Crippen LogP contribution in [0.3, 0.4) is 0 Å². The molecule has 0 aromatic carbocycles. The third-order valence-electron chi connectivity index (χ3n) is 1.80. The molecule has 17 heavy (non-hydrogen) atoms. The molecule has 1 heterocycles. The quantitative estimate of drug-likeness (QED) is 0.448. The molecule has 1 aromatic heterocycles. The van der Waals surface area contributed by atoms with Crippen molar-refractivity contribution in [3.05, 3.63) is 29.7 Å². The molecule has 6 heteroatoms. The van der Waals surface area contributed by atoms with E-state index in [0.29, 0.717) is 17.6 Å². The molecule has 0 radical (unpaired) electrons. The SMILES string of the molecule is C=CCSCCNc1cc(Cl)nc(COC)n1. The lowest BCUT2D eigenvalue weighted by Crippen LogP contribution is -2.08. The topological polar surface area (TPSA) is 47.0 Å². The predicted molar refractivity (Wildman–Crippen MR) is 73.8 cm³/mol. The van der Waals surface area contributed by atoms with E-state index in [1.165, 1.54) is 0 Å². The first-order valence-corrected chi connectivity index (χ1v) is 6.74. The number of hydrogen-bond donors (Lipinski definition) is 1. The van der Waals surface area contributed by atoms with Crippen molar-refractivity contribution in [2.45, 2.75) is 6.61 Å². The summed E-state index contributed by atoms with van der Waals surface area (Å²) in [5.74, 6) is 3.27. The second-order valence-electron chi connectivity index (χ2n) is 3.22. The Morgan fingerprint density at radius 3 is 3.12 bits per heavy atom. The van der Waals surface area contributed by atoms with Crippen LogP contribution < -0.4 is 5.32 Å². The van der Waals surface area contributed by atoms with Gasteiger partial charge in [-0.25, -0.2) is 9.97 Å². The Labute approximate surface area is 111 Å². The van der Waals surface area contributed by atoms with Gasteiger partial charge in [0, 0.05) is 31.2 Å². The summed E-state index contributed by atoms with van der Waals surface area (Å²) >= 11 is 7.69. The van der Waals surface area contributed by atoms with Gasteiger partial charge in [-0.15, -0.1) is 6.58 Å². The fourth-order valence-electron chi connectivity index (χ4n) is 1.17. The zero-order chi connectivity index (χ0) is 12.5. The molecule has 0 atom stereocenters. The Kier molecular flexibility index (Phi) is 7.00. The van der Waals surface area contributed by atoms with Crippen molar-refractivity contribution < 1.29 is 4.74 Å². The van der Waals surface area contributed by atoms with Crippen LogP contribution >= 0.6 is 23.4 Å². The molecule has 0 saturated heterocycles. The van der Waals surface area contributed by atoms with Gasteiger partial charge < -0.3 is 10.1 Å². The monoisotopic (exact) mass is 273 g/mol. The van der Waals surface area contributed by atoms with Crippen LogP contribution in [0.2, 0.25) is 5.15 Å². The Morgan fingerprint density at radius 1 is 1.59 bits per heavy atom.